The van der Waals surface area contributed by atoms with Crippen LogP contribution in [0.1, 0.15) is 38.4 Å². The third-order valence-corrected chi connectivity index (χ3v) is 6.41. The standard InChI is InChI=1S/C24H25N3O4S/c28-22(25-19-8-11-27(12-9-19)24(30)18-10-13-31-16-18)20(15-17-5-2-1-3-6-17)26-23(29)21-7-4-14-32-21/h1-7,10,13-14,16,19-20H,8-9,11-12,15H2,(H,25,28)(H,26,29). The van der Waals surface area contributed by atoms with Gasteiger partial charge in [-0.2, -0.15) is 0 Å². The summed E-state index contributed by atoms with van der Waals surface area (Å²) in [6.07, 6.45) is 4.65. The van der Waals surface area contributed by atoms with Gasteiger partial charge in [0, 0.05) is 25.6 Å². The number of nitrogens with zero attached hydrogens (tertiary/aromatic N) is 1. The molecule has 7 nitrogen and oxygen atoms in total. The van der Waals surface area contributed by atoms with Gasteiger partial charge in [0.2, 0.25) is 5.91 Å². The number of amides is 3. The minimum atomic E-state index is -0.683. The summed E-state index contributed by atoms with van der Waals surface area (Å²) < 4.78 is 5.00. The molecule has 0 saturated carbocycles. The molecule has 1 fully saturated rings. The molecular weight excluding hydrogens is 426 g/mol. The van der Waals surface area contributed by atoms with Crippen molar-refractivity contribution in [3.8, 4) is 0 Å². The van der Waals surface area contributed by atoms with E-state index in [1.807, 2.05) is 41.8 Å². The molecule has 8 heteroatoms. The van der Waals surface area contributed by atoms with E-state index in [4.69, 9.17) is 4.42 Å². The molecule has 1 aromatic carbocycles. The minimum Gasteiger partial charge on any atom is -0.472 e. The SMILES string of the molecule is O=C(NC(Cc1ccccc1)C(=O)NC1CCN(C(=O)c2ccoc2)CC1)c1cccs1. The van der Waals surface area contributed by atoms with Gasteiger partial charge in [0.05, 0.1) is 16.7 Å². The van der Waals surface area contributed by atoms with Crippen LogP contribution in [0.15, 0.2) is 70.9 Å². The summed E-state index contributed by atoms with van der Waals surface area (Å²) in [5.41, 5.74) is 1.51. The van der Waals surface area contributed by atoms with Crippen LogP contribution in [0.5, 0.6) is 0 Å². The summed E-state index contributed by atoms with van der Waals surface area (Å²) in [4.78, 5) is 40.5. The Kier molecular flexibility index (Phi) is 7.01. The van der Waals surface area contributed by atoms with Crippen molar-refractivity contribution in [1.29, 1.82) is 0 Å². The van der Waals surface area contributed by atoms with E-state index in [0.717, 1.165) is 5.56 Å². The predicted octanol–water partition coefficient (Wildman–Crippen LogP) is 3.10. The summed E-state index contributed by atoms with van der Waals surface area (Å²) >= 11 is 1.34. The number of benzene rings is 1. The van der Waals surface area contributed by atoms with E-state index in [-0.39, 0.29) is 23.8 Å². The number of hydrogen-bond acceptors (Lipinski definition) is 5. The van der Waals surface area contributed by atoms with Crippen LogP contribution in [-0.2, 0) is 11.2 Å². The first-order valence-corrected chi connectivity index (χ1v) is 11.5. The molecule has 2 aromatic heterocycles. The lowest BCUT2D eigenvalue weighted by Gasteiger charge is -2.33. The molecular formula is C24H25N3O4S. The van der Waals surface area contributed by atoms with E-state index >= 15 is 0 Å². The lowest BCUT2D eigenvalue weighted by molar-refractivity contribution is -0.123. The molecule has 3 heterocycles. The van der Waals surface area contributed by atoms with Crippen LogP contribution in [0.3, 0.4) is 0 Å². The van der Waals surface area contributed by atoms with Crippen molar-refractivity contribution < 1.29 is 18.8 Å². The van der Waals surface area contributed by atoms with Crippen LogP contribution < -0.4 is 10.6 Å². The number of thiophene rings is 1. The molecule has 4 rings (SSSR count). The number of furan rings is 1. The highest BCUT2D eigenvalue weighted by Gasteiger charge is 2.28. The molecule has 0 bridgehead atoms. The second-order valence-electron chi connectivity index (χ2n) is 7.78. The molecule has 32 heavy (non-hydrogen) atoms. The monoisotopic (exact) mass is 451 g/mol. The Morgan fingerprint density at radius 1 is 1.06 bits per heavy atom. The van der Waals surface area contributed by atoms with Gasteiger partial charge in [0.15, 0.2) is 0 Å². The van der Waals surface area contributed by atoms with Gasteiger partial charge < -0.3 is 20.0 Å². The molecule has 1 aliphatic heterocycles. The summed E-state index contributed by atoms with van der Waals surface area (Å²) in [5.74, 6) is -0.524. The van der Waals surface area contributed by atoms with Gasteiger partial charge in [0.1, 0.15) is 12.3 Å². The highest BCUT2D eigenvalue weighted by Crippen LogP contribution is 2.15. The van der Waals surface area contributed by atoms with Gasteiger partial charge in [-0.15, -0.1) is 11.3 Å². The Morgan fingerprint density at radius 3 is 2.50 bits per heavy atom. The first-order chi connectivity index (χ1) is 15.6. The lowest BCUT2D eigenvalue weighted by Crippen LogP contribution is -2.53. The normalized spacial score (nSPS) is 15.2. The van der Waals surface area contributed by atoms with Crippen LogP contribution in [-0.4, -0.2) is 47.8 Å². The highest BCUT2D eigenvalue weighted by atomic mass is 32.1. The maximum atomic E-state index is 13.1. The average molecular weight is 452 g/mol. The van der Waals surface area contributed by atoms with E-state index < -0.39 is 6.04 Å². The van der Waals surface area contributed by atoms with Crippen LogP contribution in [0, 0.1) is 0 Å². The Labute approximate surface area is 190 Å². The number of likely N-dealkylation sites (tertiary alicyclic amines) is 1. The number of rotatable bonds is 7. The second-order valence-corrected chi connectivity index (χ2v) is 8.73. The van der Waals surface area contributed by atoms with Gasteiger partial charge >= 0.3 is 0 Å². The van der Waals surface area contributed by atoms with Crippen LogP contribution in [0.25, 0.3) is 0 Å². The number of hydrogen-bond donors (Lipinski definition) is 2. The zero-order valence-electron chi connectivity index (χ0n) is 17.5. The Balaban J connectivity index is 1.36. The molecule has 1 unspecified atom stereocenters. The van der Waals surface area contributed by atoms with Crippen LogP contribution in [0.4, 0.5) is 0 Å². The Morgan fingerprint density at radius 2 is 1.84 bits per heavy atom. The van der Waals surface area contributed by atoms with Crippen molar-refractivity contribution in [2.75, 3.05) is 13.1 Å². The van der Waals surface area contributed by atoms with Crippen molar-refractivity contribution in [2.45, 2.75) is 31.3 Å². The van der Waals surface area contributed by atoms with E-state index in [9.17, 15) is 14.4 Å². The molecule has 1 saturated heterocycles. The van der Waals surface area contributed by atoms with Crippen LogP contribution >= 0.6 is 11.3 Å². The van der Waals surface area contributed by atoms with E-state index in [0.29, 0.717) is 42.8 Å². The molecule has 0 radical (unpaired) electrons. The van der Waals surface area contributed by atoms with Crippen molar-refractivity contribution in [2.24, 2.45) is 0 Å². The summed E-state index contributed by atoms with van der Waals surface area (Å²) in [6.45, 7) is 1.11. The van der Waals surface area contributed by atoms with E-state index in [2.05, 4.69) is 10.6 Å². The van der Waals surface area contributed by atoms with E-state index in [1.165, 1.54) is 23.9 Å². The van der Waals surface area contributed by atoms with Crippen molar-refractivity contribution in [3.63, 3.8) is 0 Å². The Hall–Kier alpha value is -3.39. The van der Waals surface area contributed by atoms with Crippen molar-refractivity contribution in [3.05, 3.63) is 82.4 Å². The fourth-order valence-electron chi connectivity index (χ4n) is 3.79. The Bertz CT molecular complexity index is 1030. The van der Waals surface area contributed by atoms with Gasteiger partial charge in [-0.1, -0.05) is 36.4 Å². The third kappa shape index (κ3) is 5.45. The second kappa shape index (κ2) is 10.3. The van der Waals surface area contributed by atoms with E-state index in [1.54, 1.807) is 17.0 Å². The van der Waals surface area contributed by atoms with Gasteiger partial charge in [-0.05, 0) is 35.9 Å². The number of piperidine rings is 1. The zero-order chi connectivity index (χ0) is 22.3. The highest BCUT2D eigenvalue weighted by molar-refractivity contribution is 7.12. The average Bonchev–Trinajstić information content (AvgIpc) is 3.54. The van der Waals surface area contributed by atoms with Crippen LogP contribution in [0.2, 0.25) is 0 Å². The predicted molar refractivity (Wildman–Crippen MR) is 121 cm³/mol. The lowest BCUT2D eigenvalue weighted by atomic mass is 10.0. The topological polar surface area (TPSA) is 91.7 Å². The molecule has 1 atom stereocenters. The molecule has 2 N–H and O–H groups in total. The van der Waals surface area contributed by atoms with Gasteiger partial charge in [-0.25, -0.2) is 0 Å². The minimum absolute atomic E-state index is 0.0483. The number of carbonyl (C=O) groups is 3. The molecule has 3 amide bonds. The number of nitrogens with one attached hydrogen (secondary N) is 2. The summed E-state index contributed by atoms with van der Waals surface area (Å²) in [5, 5.41) is 7.80. The molecule has 0 aliphatic carbocycles. The first kappa shape index (κ1) is 21.8. The van der Waals surface area contributed by atoms with Gasteiger partial charge in [-0.3, -0.25) is 14.4 Å². The summed E-state index contributed by atoms with van der Waals surface area (Å²) in [6, 6.07) is 14.1. The van der Waals surface area contributed by atoms with Crippen molar-refractivity contribution in [1.82, 2.24) is 15.5 Å². The fraction of sp³-hybridized carbons (Fsp3) is 0.292. The number of carbonyl (C=O) groups excluding carboxylic acids is 3. The molecule has 166 valence electrons. The fourth-order valence-corrected chi connectivity index (χ4v) is 4.42. The largest absolute Gasteiger partial charge is 0.472 e. The molecule has 1 aliphatic rings. The van der Waals surface area contributed by atoms with Gasteiger partial charge in [0.25, 0.3) is 11.8 Å². The third-order valence-electron chi connectivity index (χ3n) is 5.55. The summed E-state index contributed by atoms with van der Waals surface area (Å²) in [7, 11) is 0. The zero-order valence-corrected chi connectivity index (χ0v) is 18.3. The first-order valence-electron chi connectivity index (χ1n) is 10.6. The smallest absolute Gasteiger partial charge is 0.262 e. The maximum absolute atomic E-state index is 13.1. The maximum Gasteiger partial charge on any atom is 0.262 e. The molecule has 3 aromatic rings. The quantitative estimate of drug-likeness (QED) is 0.577. The molecule has 0 spiro atoms. The van der Waals surface area contributed by atoms with Crippen molar-refractivity contribution >= 4 is 29.1 Å².